The molecule has 0 bridgehead atoms. The van der Waals surface area contributed by atoms with Gasteiger partial charge in [-0.05, 0) is 51.7 Å². The van der Waals surface area contributed by atoms with Crippen molar-refractivity contribution in [3.63, 3.8) is 0 Å². The summed E-state index contributed by atoms with van der Waals surface area (Å²) in [5.41, 5.74) is 0. The second-order valence-corrected chi connectivity index (χ2v) is 5.45. The van der Waals surface area contributed by atoms with Crippen molar-refractivity contribution in [1.82, 2.24) is 10.2 Å². The van der Waals surface area contributed by atoms with Crippen molar-refractivity contribution < 1.29 is 14.6 Å². The molecule has 0 aromatic carbocycles. The third kappa shape index (κ3) is 6.89. The van der Waals surface area contributed by atoms with E-state index in [2.05, 4.69) is 17.3 Å². The fourth-order valence-electron chi connectivity index (χ4n) is 2.44. The quantitative estimate of drug-likeness (QED) is 0.660. The van der Waals surface area contributed by atoms with Gasteiger partial charge in [-0.1, -0.05) is 6.92 Å². The average molecular weight is 272 g/mol. The zero-order valence-corrected chi connectivity index (χ0v) is 12.2. The number of nitrogens with zero attached hydrogens (tertiary/aromatic N) is 1. The summed E-state index contributed by atoms with van der Waals surface area (Å²) in [7, 11) is 2.08. The van der Waals surface area contributed by atoms with Gasteiger partial charge in [0.25, 0.3) is 0 Å². The lowest BCUT2D eigenvalue weighted by Crippen LogP contribution is -2.40. The van der Waals surface area contributed by atoms with E-state index < -0.39 is 12.0 Å². The SMILES string of the molecule is CCCNC(CCN(C)CC1CCOCC1)C(=O)O. The molecular weight excluding hydrogens is 244 g/mol. The van der Waals surface area contributed by atoms with Gasteiger partial charge in [0.2, 0.25) is 0 Å². The van der Waals surface area contributed by atoms with Crippen LogP contribution in [0.3, 0.4) is 0 Å². The van der Waals surface area contributed by atoms with Crippen LogP contribution < -0.4 is 5.32 Å². The van der Waals surface area contributed by atoms with Crippen LogP contribution in [-0.4, -0.2) is 61.9 Å². The van der Waals surface area contributed by atoms with E-state index in [0.717, 1.165) is 52.1 Å². The van der Waals surface area contributed by atoms with Gasteiger partial charge >= 0.3 is 5.97 Å². The first-order chi connectivity index (χ1) is 9.13. The molecule has 0 radical (unpaired) electrons. The number of ether oxygens (including phenoxy) is 1. The van der Waals surface area contributed by atoms with Crippen LogP contribution in [0.1, 0.15) is 32.6 Å². The third-order valence-corrected chi connectivity index (χ3v) is 3.65. The van der Waals surface area contributed by atoms with E-state index in [0.29, 0.717) is 12.3 Å². The normalized spacial score (nSPS) is 18.7. The second kappa shape index (κ2) is 9.28. The minimum Gasteiger partial charge on any atom is -0.480 e. The zero-order valence-electron chi connectivity index (χ0n) is 12.2. The average Bonchev–Trinajstić information content (AvgIpc) is 2.39. The van der Waals surface area contributed by atoms with Gasteiger partial charge in [-0.15, -0.1) is 0 Å². The molecule has 1 saturated heterocycles. The highest BCUT2D eigenvalue weighted by Gasteiger charge is 2.19. The number of hydrogen-bond acceptors (Lipinski definition) is 4. The van der Waals surface area contributed by atoms with Gasteiger partial charge in [-0.2, -0.15) is 0 Å². The summed E-state index contributed by atoms with van der Waals surface area (Å²) in [4.78, 5) is 13.4. The van der Waals surface area contributed by atoms with Gasteiger partial charge in [-0.25, -0.2) is 0 Å². The van der Waals surface area contributed by atoms with E-state index in [1.807, 2.05) is 6.92 Å². The Morgan fingerprint density at radius 2 is 2.16 bits per heavy atom. The van der Waals surface area contributed by atoms with Gasteiger partial charge in [0.1, 0.15) is 6.04 Å². The maximum Gasteiger partial charge on any atom is 0.320 e. The predicted octanol–water partition coefficient (Wildman–Crippen LogP) is 1.19. The lowest BCUT2D eigenvalue weighted by Gasteiger charge is -2.27. The number of carbonyl (C=O) groups is 1. The molecule has 1 heterocycles. The van der Waals surface area contributed by atoms with E-state index in [1.165, 1.54) is 0 Å². The van der Waals surface area contributed by atoms with Crippen molar-refractivity contribution in [2.24, 2.45) is 5.92 Å². The molecule has 0 aliphatic carbocycles. The fraction of sp³-hybridized carbons (Fsp3) is 0.929. The zero-order chi connectivity index (χ0) is 14.1. The number of nitrogens with one attached hydrogen (secondary N) is 1. The number of rotatable bonds is 9. The summed E-state index contributed by atoms with van der Waals surface area (Å²) in [6.07, 6.45) is 3.87. The van der Waals surface area contributed by atoms with Crippen LogP contribution in [-0.2, 0) is 9.53 Å². The van der Waals surface area contributed by atoms with Gasteiger partial charge in [-0.3, -0.25) is 4.79 Å². The van der Waals surface area contributed by atoms with Gasteiger partial charge in [0.15, 0.2) is 0 Å². The highest BCUT2D eigenvalue weighted by molar-refractivity contribution is 5.73. The van der Waals surface area contributed by atoms with Gasteiger partial charge < -0.3 is 20.1 Å². The van der Waals surface area contributed by atoms with E-state index in [1.54, 1.807) is 0 Å². The monoisotopic (exact) mass is 272 g/mol. The molecule has 2 N–H and O–H groups in total. The molecule has 1 rings (SSSR count). The molecule has 0 spiro atoms. The standard InChI is InChI=1S/C14H28N2O3/c1-3-7-15-13(14(17)18)4-8-16(2)11-12-5-9-19-10-6-12/h12-13,15H,3-11H2,1-2H3,(H,17,18). The molecule has 1 fully saturated rings. The van der Waals surface area contributed by atoms with Crippen molar-refractivity contribution in [3.8, 4) is 0 Å². The Kier molecular flexibility index (Phi) is 8.02. The Bertz CT molecular complexity index is 255. The molecule has 19 heavy (non-hydrogen) atoms. The Balaban J connectivity index is 2.22. The summed E-state index contributed by atoms with van der Waals surface area (Å²) < 4.78 is 5.35. The molecule has 1 unspecified atom stereocenters. The van der Waals surface area contributed by atoms with E-state index in [9.17, 15) is 4.79 Å². The number of hydrogen-bond donors (Lipinski definition) is 2. The van der Waals surface area contributed by atoms with Gasteiger partial charge in [0, 0.05) is 19.8 Å². The second-order valence-electron chi connectivity index (χ2n) is 5.45. The Labute approximate surface area is 116 Å². The number of carboxylic acid groups (broad SMARTS) is 1. The van der Waals surface area contributed by atoms with Crippen molar-refractivity contribution in [1.29, 1.82) is 0 Å². The molecule has 5 heteroatoms. The molecular formula is C14H28N2O3. The summed E-state index contributed by atoms with van der Waals surface area (Å²) in [5, 5.41) is 12.2. The van der Waals surface area contributed by atoms with Crippen LogP contribution in [0.4, 0.5) is 0 Å². The van der Waals surface area contributed by atoms with Crippen molar-refractivity contribution in [2.45, 2.75) is 38.6 Å². The van der Waals surface area contributed by atoms with Crippen LogP contribution in [0.5, 0.6) is 0 Å². The summed E-state index contributed by atoms with van der Waals surface area (Å²) in [6.45, 7) is 6.42. The maximum absolute atomic E-state index is 11.1. The van der Waals surface area contributed by atoms with Crippen molar-refractivity contribution >= 4 is 5.97 Å². The Morgan fingerprint density at radius 3 is 2.74 bits per heavy atom. The molecule has 1 aliphatic heterocycles. The van der Waals surface area contributed by atoms with Gasteiger partial charge in [0.05, 0.1) is 0 Å². The van der Waals surface area contributed by atoms with Crippen LogP contribution in [0.15, 0.2) is 0 Å². The molecule has 1 atom stereocenters. The fourth-order valence-corrected chi connectivity index (χ4v) is 2.44. The lowest BCUT2D eigenvalue weighted by atomic mass is 10.00. The molecule has 0 aromatic heterocycles. The van der Waals surface area contributed by atoms with Crippen LogP contribution in [0, 0.1) is 5.92 Å². The molecule has 0 saturated carbocycles. The molecule has 112 valence electrons. The molecule has 0 amide bonds. The van der Waals surface area contributed by atoms with Crippen molar-refractivity contribution in [2.75, 3.05) is 39.9 Å². The highest BCUT2D eigenvalue weighted by atomic mass is 16.5. The van der Waals surface area contributed by atoms with Crippen LogP contribution in [0.2, 0.25) is 0 Å². The lowest BCUT2D eigenvalue weighted by molar-refractivity contribution is -0.139. The molecule has 0 aromatic rings. The van der Waals surface area contributed by atoms with E-state index in [-0.39, 0.29) is 0 Å². The Hall–Kier alpha value is -0.650. The minimum atomic E-state index is -0.743. The van der Waals surface area contributed by atoms with E-state index >= 15 is 0 Å². The molecule has 5 nitrogen and oxygen atoms in total. The summed E-state index contributed by atoms with van der Waals surface area (Å²) >= 11 is 0. The largest absolute Gasteiger partial charge is 0.480 e. The van der Waals surface area contributed by atoms with Crippen LogP contribution in [0.25, 0.3) is 0 Å². The smallest absolute Gasteiger partial charge is 0.320 e. The first-order valence-corrected chi connectivity index (χ1v) is 7.36. The topological polar surface area (TPSA) is 61.8 Å². The first-order valence-electron chi connectivity index (χ1n) is 7.36. The highest BCUT2D eigenvalue weighted by Crippen LogP contribution is 2.15. The maximum atomic E-state index is 11.1. The third-order valence-electron chi connectivity index (χ3n) is 3.65. The van der Waals surface area contributed by atoms with Crippen LogP contribution >= 0.6 is 0 Å². The molecule has 1 aliphatic rings. The van der Waals surface area contributed by atoms with E-state index in [4.69, 9.17) is 9.84 Å². The number of aliphatic carboxylic acids is 1. The van der Waals surface area contributed by atoms with Crippen molar-refractivity contribution in [3.05, 3.63) is 0 Å². The first kappa shape index (κ1) is 16.4. The summed E-state index contributed by atoms with van der Waals surface area (Å²) in [5.74, 6) is -0.0430. The predicted molar refractivity (Wildman–Crippen MR) is 75.4 cm³/mol. The Morgan fingerprint density at radius 1 is 1.47 bits per heavy atom. The summed E-state index contributed by atoms with van der Waals surface area (Å²) in [6, 6.07) is -0.419. The number of carboxylic acids is 1. The minimum absolute atomic E-state index is 0.419.